The molecule has 0 amide bonds. The predicted molar refractivity (Wildman–Crippen MR) is 223 cm³/mol. The van der Waals surface area contributed by atoms with Crippen molar-refractivity contribution >= 4 is 11.8 Å². The molecule has 22 atom stereocenters. The summed E-state index contributed by atoms with van der Waals surface area (Å²) < 4.78 is 45.7. The molecule has 0 spiro atoms. The molecule has 356 valence electrons. The highest BCUT2D eigenvalue weighted by molar-refractivity contribution is 5.83. The number of Topliss-reactive ketones (excluding diaryl/α,β-unsaturated/α-hetero) is 1. The number of nitrogens with zero attached hydrogens (tertiary/aromatic N) is 2. The Balaban J connectivity index is 1.97. The first-order valence-corrected chi connectivity index (χ1v) is 22.3. The molecule has 9 unspecified atom stereocenters. The van der Waals surface area contributed by atoms with E-state index in [1.165, 1.54) is 20.8 Å². The topological polar surface area (TPSA) is 227 Å². The van der Waals surface area contributed by atoms with Crippen molar-refractivity contribution in [3.8, 4) is 0 Å². The molecule has 4 aliphatic heterocycles. The highest BCUT2D eigenvalue weighted by Crippen LogP contribution is 2.43. The van der Waals surface area contributed by atoms with Gasteiger partial charge < -0.3 is 73.6 Å². The summed E-state index contributed by atoms with van der Waals surface area (Å²) in [6, 6.07) is -0.742. The molecular weight excluding hydrogens is 796 g/mol. The second-order valence-corrected chi connectivity index (χ2v) is 19.9. The fourth-order valence-corrected chi connectivity index (χ4v) is 10.2. The van der Waals surface area contributed by atoms with Crippen LogP contribution in [0.5, 0.6) is 0 Å². The molecule has 0 bridgehead atoms. The number of esters is 1. The number of rotatable bonds is 9. The average Bonchev–Trinajstić information content (AvgIpc) is 3.16. The van der Waals surface area contributed by atoms with Crippen LogP contribution in [0, 0.1) is 23.7 Å². The molecule has 0 saturated carbocycles. The molecule has 4 aliphatic rings. The first-order chi connectivity index (χ1) is 28.1. The van der Waals surface area contributed by atoms with E-state index in [1.54, 1.807) is 48.5 Å². The summed E-state index contributed by atoms with van der Waals surface area (Å²) in [6.07, 6.45) is -13.0. The quantitative estimate of drug-likeness (QED) is 0.181. The van der Waals surface area contributed by atoms with Gasteiger partial charge in [0.1, 0.15) is 29.7 Å². The van der Waals surface area contributed by atoms with Crippen LogP contribution in [-0.2, 0) is 42.7 Å². The molecule has 0 aromatic heterocycles. The first kappa shape index (κ1) is 52.2. The first-order valence-electron chi connectivity index (χ1n) is 22.3. The summed E-state index contributed by atoms with van der Waals surface area (Å²) in [5.41, 5.74) is -5.21. The Morgan fingerprint density at radius 2 is 1.30 bits per heavy atom. The molecule has 4 rings (SSSR count). The third-order valence-corrected chi connectivity index (χ3v) is 14.1. The minimum absolute atomic E-state index is 0.0421. The number of ketones is 1. The summed E-state index contributed by atoms with van der Waals surface area (Å²) in [5, 5.41) is 68.6. The molecule has 17 nitrogen and oxygen atoms in total. The lowest BCUT2D eigenvalue weighted by atomic mass is 9.73. The lowest BCUT2D eigenvalue weighted by Crippen LogP contribution is -2.62. The maximum absolute atomic E-state index is 14.5. The van der Waals surface area contributed by atoms with E-state index in [9.17, 15) is 40.2 Å². The van der Waals surface area contributed by atoms with E-state index in [2.05, 4.69) is 0 Å². The van der Waals surface area contributed by atoms with E-state index in [1.807, 2.05) is 44.9 Å². The van der Waals surface area contributed by atoms with Crippen molar-refractivity contribution in [2.45, 2.75) is 217 Å². The van der Waals surface area contributed by atoms with Gasteiger partial charge in [-0.15, -0.1) is 0 Å². The van der Waals surface area contributed by atoms with E-state index in [0.29, 0.717) is 6.42 Å². The number of aliphatic hydroxyl groups is 6. The fraction of sp³-hybridized carbons (Fsp3) is 0.955. The molecule has 0 aromatic rings. The molecule has 0 aliphatic carbocycles. The van der Waals surface area contributed by atoms with Crippen LogP contribution < -0.4 is 0 Å². The second-order valence-electron chi connectivity index (χ2n) is 19.9. The van der Waals surface area contributed by atoms with Gasteiger partial charge in [0, 0.05) is 42.7 Å². The maximum Gasteiger partial charge on any atom is 0.311 e. The molecule has 17 heteroatoms. The minimum Gasteiger partial charge on any atom is -0.459 e. The summed E-state index contributed by atoms with van der Waals surface area (Å²) in [5.74, 6) is -5.17. The van der Waals surface area contributed by atoms with Crippen molar-refractivity contribution in [1.82, 2.24) is 9.80 Å². The van der Waals surface area contributed by atoms with E-state index < -0.39 is 126 Å². The molecule has 4 saturated heterocycles. The Morgan fingerprint density at radius 1 is 0.721 bits per heavy atom. The van der Waals surface area contributed by atoms with E-state index in [0.717, 1.165) is 0 Å². The smallest absolute Gasteiger partial charge is 0.311 e. The Morgan fingerprint density at radius 3 is 1.85 bits per heavy atom. The molecule has 0 radical (unpaired) electrons. The van der Waals surface area contributed by atoms with Gasteiger partial charge in [-0.2, -0.15) is 0 Å². The lowest BCUT2D eigenvalue weighted by Gasteiger charge is -2.51. The summed E-state index contributed by atoms with van der Waals surface area (Å²) in [7, 11) is 7.41. The summed E-state index contributed by atoms with van der Waals surface area (Å²) >= 11 is 0. The zero-order valence-corrected chi connectivity index (χ0v) is 39.3. The van der Waals surface area contributed by atoms with E-state index in [4.69, 9.17) is 33.2 Å². The van der Waals surface area contributed by atoms with Crippen LogP contribution in [0.15, 0.2) is 0 Å². The number of carbonyl (C=O) groups excluding carboxylic acids is 2. The molecule has 0 aromatic carbocycles. The summed E-state index contributed by atoms with van der Waals surface area (Å²) in [4.78, 5) is 32.7. The number of hydrogen-bond donors (Lipinski definition) is 6. The molecule has 4 heterocycles. The van der Waals surface area contributed by atoms with Gasteiger partial charge >= 0.3 is 5.97 Å². The highest BCUT2D eigenvalue weighted by atomic mass is 16.7. The Bertz CT molecular complexity index is 1450. The zero-order valence-electron chi connectivity index (χ0n) is 39.3. The zero-order chi connectivity index (χ0) is 46.3. The van der Waals surface area contributed by atoms with Crippen LogP contribution in [0.1, 0.15) is 108 Å². The summed E-state index contributed by atoms with van der Waals surface area (Å²) in [6.45, 7) is 18.1. The van der Waals surface area contributed by atoms with Gasteiger partial charge in [-0.25, -0.2) is 0 Å². The monoisotopic (exact) mass is 877 g/mol. The minimum atomic E-state index is -2.05. The van der Waals surface area contributed by atoms with Crippen molar-refractivity contribution in [2.24, 2.45) is 23.7 Å². The number of carbonyl (C=O) groups is 2. The number of likely N-dealkylation sites (N-methyl/N-ethyl adjacent to an activating group) is 2. The van der Waals surface area contributed by atoms with E-state index >= 15 is 0 Å². The van der Waals surface area contributed by atoms with Crippen molar-refractivity contribution < 1.29 is 73.4 Å². The van der Waals surface area contributed by atoms with Crippen LogP contribution in [0.3, 0.4) is 0 Å². The molecular formula is C44H80N2O15. The average molecular weight is 877 g/mol. The third kappa shape index (κ3) is 11.5. The number of aliphatic hydroxyl groups excluding tert-OH is 4. The van der Waals surface area contributed by atoms with Crippen LogP contribution in [0.2, 0.25) is 0 Å². The highest BCUT2D eigenvalue weighted by Gasteiger charge is 2.55. The van der Waals surface area contributed by atoms with Crippen molar-refractivity contribution in [1.29, 1.82) is 0 Å². The van der Waals surface area contributed by atoms with E-state index in [-0.39, 0.29) is 43.9 Å². The van der Waals surface area contributed by atoms with Crippen LogP contribution >= 0.6 is 0 Å². The SMILES string of the molecule is CC[C@H]1OC(=O)[C@H](C)[C@@H](OC2C[C@@](C)(O)C(O)[C@H](C)O2)[C@H](C)[C@@H](OC2OC(C)C[C@H](N(C)C)C2O)[C@](C)(OC2CC(N(C)C)C(O)C(C)O2)C[C@@H](C)C(=O)[C@H](C)[C@@H](O)[C@]1(C)O. The molecule has 61 heavy (non-hydrogen) atoms. The largest absolute Gasteiger partial charge is 0.459 e. The normalized spacial score (nSPS) is 50.0. The number of hydrogen-bond acceptors (Lipinski definition) is 17. The van der Waals surface area contributed by atoms with Gasteiger partial charge in [0.2, 0.25) is 0 Å². The van der Waals surface area contributed by atoms with Crippen molar-refractivity contribution in [2.75, 3.05) is 28.2 Å². The van der Waals surface area contributed by atoms with Crippen molar-refractivity contribution in [3.63, 3.8) is 0 Å². The Kier molecular flexibility index (Phi) is 17.5. The molecule has 6 N–H and O–H groups in total. The van der Waals surface area contributed by atoms with Gasteiger partial charge in [0.15, 0.2) is 18.9 Å². The molecule has 4 fully saturated rings. The van der Waals surface area contributed by atoms with Gasteiger partial charge in [-0.1, -0.05) is 27.7 Å². The van der Waals surface area contributed by atoms with Crippen LogP contribution in [0.25, 0.3) is 0 Å². The Labute approximate surface area is 363 Å². The van der Waals surface area contributed by atoms with Crippen molar-refractivity contribution in [3.05, 3.63) is 0 Å². The van der Waals surface area contributed by atoms with Gasteiger partial charge in [0.25, 0.3) is 0 Å². The van der Waals surface area contributed by atoms with Crippen LogP contribution in [0.4, 0.5) is 0 Å². The van der Waals surface area contributed by atoms with Crippen LogP contribution in [-0.4, -0.2) is 189 Å². The predicted octanol–water partition coefficient (Wildman–Crippen LogP) is 1.58. The van der Waals surface area contributed by atoms with Gasteiger partial charge in [-0.05, 0) is 95.9 Å². The fourth-order valence-electron chi connectivity index (χ4n) is 10.2. The second kappa shape index (κ2) is 20.4. The lowest BCUT2D eigenvalue weighted by molar-refractivity contribution is -0.340. The maximum atomic E-state index is 14.5. The number of cyclic esters (lactones) is 1. The van der Waals surface area contributed by atoms with Gasteiger partial charge in [-0.3, -0.25) is 9.59 Å². The van der Waals surface area contributed by atoms with Gasteiger partial charge in [0.05, 0.1) is 59.8 Å². The number of ether oxygens (including phenoxy) is 7. The Hall–Kier alpha value is -1.42. The standard InChI is InChI=1S/C44H80N2O15/c1-16-30-44(11,54)37(50)23(4)33(47)21(2)19-43(10,61-31-18-29(46(14)15)34(48)26(7)56-31)39(60-41-35(49)28(45(12)13)17-22(3)55-41)24(5)36(25(6)40(52)58-30)59-32-20-42(9,53)38(51)27(8)57-32/h21-32,34-39,41,48-51,53-54H,16-20H2,1-15H3/t21-,22?,23+,24+,25-,26?,27+,28+,29?,30-,31?,32?,34?,35?,36+,37-,38?,39-,41?,42-,43-,44-/m1/s1. The third-order valence-electron chi connectivity index (χ3n) is 14.1.